The van der Waals surface area contributed by atoms with Gasteiger partial charge in [0, 0.05) is 6.07 Å². The number of aromatic nitrogens is 1. The second-order valence-electron chi connectivity index (χ2n) is 3.72. The zero-order valence-electron chi connectivity index (χ0n) is 9.57. The summed E-state index contributed by atoms with van der Waals surface area (Å²) in [6.45, 7) is 0. The summed E-state index contributed by atoms with van der Waals surface area (Å²) in [5, 5.41) is 0. The van der Waals surface area contributed by atoms with Gasteiger partial charge in [0.05, 0.1) is 22.9 Å². The van der Waals surface area contributed by atoms with Gasteiger partial charge in [-0.2, -0.15) is 26.3 Å². The number of alkyl halides is 6. The minimum Gasteiger partial charge on any atom is -0.496 e. The molecule has 0 unspecified atom stereocenters. The summed E-state index contributed by atoms with van der Waals surface area (Å²) in [7, 11) is 0.873. The fourth-order valence-corrected chi connectivity index (χ4v) is 3.03. The Hall–Kier alpha value is -1.29. The maximum absolute atomic E-state index is 13.0. The second kappa shape index (κ2) is 4.62. The van der Waals surface area contributed by atoms with Crippen LogP contribution >= 0.6 is 23.6 Å². The predicted molar refractivity (Wildman–Crippen MR) is 63.6 cm³/mol. The molecule has 1 aromatic carbocycles. The number of fused-ring (bicyclic) bond motifs is 1. The quantitative estimate of drug-likeness (QED) is 0.586. The topological polar surface area (TPSA) is 25.0 Å². The molecule has 2 rings (SSSR count). The molecule has 0 radical (unpaired) electrons. The Balaban J connectivity index is 3.04. The number of thiazole rings is 1. The van der Waals surface area contributed by atoms with Crippen molar-refractivity contribution in [1.82, 2.24) is 4.98 Å². The van der Waals surface area contributed by atoms with Crippen molar-refractivity contribution in [2.75, 3.05) is 7.11 Å². The molecule has 0 saturated heterocycles. The summed E-state index contributed by atoms with van der Waals surface area (Å²) >= 11 is 5.12. The van der Waals surface area contributed by atoms with E-state index in [1.165, 1.54) is 0 Å². The monoisotopic (exact) mass is 333 g/mol. The number of ether oxygens (including phenoxy) is 1. The maximum atomic E-state index is 13.0. The fraction of sp³-hybridized carbons (Fsp3) is 0.300. The van der Waals surface area contributed by atoms with E-state index in [1.54, 1.807) is 0 Å². The van der Waals surface area contributed by atoms with Gasteiger partial charge in [-0.15, -0.1) is 11.3 Å². The highest BCUT2D eigenvalue weighted by Crippen LogP contribution is 2.49. The van der Waals surface area contributed by atoms with Crippen LogP contribution < -0.4 is 4.74 Å². The molecular weight excluding hydrogens is 328 g/mol. The molecule has 0 aliphatic heterocycles. The molecule has 2 aromatic rings. The van der Waals surface area contributed by atoms with Crippen LogP contribution in [0.4, 0.5) is 26.3 Å². The molecule has 0 amide bonds. The summed E-state index contributed by atoms with van der Waals surface area (Å²) in [4.78, 5) is 2.41. The second-order valence-corrected chi connectivity index (χ2v) is 5.40. The van der Waals surface area contributed by atoms with Crippen LogP contribution in [-0.2, 0) is 12.4 Å². The highest BCUT2D eigenvalue weighted by atomic mass is 32.1. The van der Waals surface area contributed by atoms with E-state index in [0.29, 0.717) is 11.3 Å². The van der Waals surface area contributed by atoms with Crippen molar-refractivity contribution in [2.45, 2.75) is 12.4 Å². The molecule has 0 aliphatic rings. The van der Waals surface area contributed by atoms with Crippen molar-refractivity contribution < 1.29 is 31.1 Å². The molecule has 0 fully saturated rings. The molecular formula is C10H5F6NOS2. The summed E-state index contributed by atoms with van der Waals surface area (Å²) in [5.74, 6) is -0.902. The number of nitrogens with one attached hydrogen (secondary N) is 1. The number of H-pyrrole nitrogens is 1. The van der Waals surface area contributed by atoms with Crippen LogP contribution in [-0.4, -0.2) is 12.1 Å². The third kappa shape index (κ3) is 2.49. The standard InChI is InChI=1S/C10H5F6NOS2/c1-18-4-2-3-7(20-8(19)17-3)6(10(14,15)16)5(4)9(11,12)13/h2H,1H3,(H,17,19). The molecule has 2 nitrogen and oxygen atoms in total. The summed E-state index contributed by atoms with van der Waals surface area (Å²) in [5.41, 5.74) is -3.76. The Kier molecular flexibility index (Phi) is 3.49. The minimum absolute atomic E-state index is 0.0492. The van der Waals surface area contributed by atoms with Gasteiger partial charge < -0.3 is 9.72 Å². The largest absolute Gasteiger partial charge is 0.496 e. The van der Waals surface area contributed by atoms with Gasteiger partial charge in [-0.1, -0.05) is 0 Å². The number of aromatic amines is 1. The van der Waals surface area contributed by atoms with E-state index >= 15 is 0 Å². The average Bonchev–Trinajstić information content (AvgIpc) is 2.63. The van der Waals surface area contributed by atoms with Crippen LogP contribution in [0.1, 0.15) is 11.1 Å². The summed E-state index contributed by atoms with van der Waals surface area (Å²) in [6.07, 6.45) is -10.4. The number of hydrogen-bond acceptors (Lipinski definition) is 3. The number of benzene rings is 1. The Morgan fingerprint density at radius 2 is 1.65 bits per heavy atom. The van der Waals surface area contributed by atoms with Crippen LogP contribution in [0, 0.1) is 3.95 Å². The van der Waals surface area contributed by atoms with Gasteiger partial charge in [-0.25, -0.2) is 0 Å². The number of halogens is 6. The lowest BCUT2D eigenvalue weighted by Crippen LogP contribution is -2.18. The van der Waals surface area contributed by atoms with Gasteiger partial charge in [-0.05, 0) is 12.2 Å². The molecule has 0 bridgehead atoms. The number of hydrogen-bond donors (Lipinski definition) is 1. The Morgan fingerprint density at radius 1 is 1.10 bits per heavy atom. The first kappa shape index (κ1) is 15.1. The van der Waals surface area contributed by atoms with Gasteiger partial charge in [0.2, 0.25) is 0 Å². The van der Waals surface area contributed by atoms with Crippen LogP contribution in [0.15, 0.2) is 6.07 Å². The molecule has 110 valence electrons. The van der Waals surface area contributed by atoms with Gasteiger partial charge >= 0.3 is 12.4 Å². The normalized spacial score (nSPS) is 12.9. The first-order valence-corrected chi connectivity index (χ1v) is 6.16. The van der Waals surface area contributed by atoms with Crippen molar-refractivity contribution in [3.8, 4) is 5.75 Å². The molecule has 0 aliphatic carbocycles. The lowest BCUT2D eigenvalue weighted by atomic mass is 10.0. The van der Waals surface area contributed by atoms with Crippen LogP contribution in [0.3, 0.4) is 0 Å². The Labute approximate surface area is 117 Å². The van der Waals surface area contributed by atoms with E-state index in [2.05, 4.69) is 21.9 Å². The first-order valence-electron chi connectivity index (χ1n) is 4.94. The SMILES string of the molecule is COc1cc2[nH]c(=S)sc2c(C(F)(F)F)c1C(F)(F)F. The van der Waals surface area contributed by atoms with E-state index in [0.717, 1.165) is 13.2 Å². The average molecular weight is 333 g/mol. The summed E-state index contributed by atoms with van der Waals surface area (Å²) in [6, 6.07) is 0.861. The van der Waals surface area contributed by atoms with Crippen molar-refractivity contribution in [3.63, 3.8) is 0 Å². The fourth-order valence-electron chi connectivity index (χ4n) is 1.78. The summed E-state index contributed by atoms with van der Waals surface area (Å²) < 4.78 is 81.8. The minimum atomic E-state index is -5.20. The van der Waals surface area contributed by atoms with Crippen molar-refractivity contribution >= 4 is 33.8 Å². The zero-order chi connectivity index (χ0) is 15.3. The van der Waals surface area contributed by atoms with E-state index in [4.69, 9.17) is 0 Å². The third-order valence-corrected chi connectivity index (χ3v) is 3.73. The number of methoxy groups -OCH3 is 1. The van der Waals surface area contributed by atoms with Crippen molar-refractivity contribution in [1.29, 1.82) is 0 Å². The van der Waals surface area contributed by atoms with Gasteiger partial charge in [-0.3, -0.25) is 0 Å². The molecule has 1 N–H and O–H groups in total. The zero-order valence-corrected chi connectivity index (χ0v) is 11.2. The van der Waals surface area contributed by atoms with E-state index in [1.807, 2.05) is 0 Å². The smallest absolute Gasteiger partial charge is 0.420 e. The van der Waals surface area contributed by atoms with E-state index in [-0.39, 0.29) is 9.47 Å². The molecule has 0 spiro atoms. The van der Waals surface area contributed by atoms with E-state index < -0.39 is 33.9 Å². The highest BCUT2D eigenvalue weighted by molar-refractivity contribution is 7.73. The highest BCUT2D eigenvalue weighted by Gasteiger charge is 2.47. The Bertz CT molecular complexity index is 711. The van der Waals surface area contributed by atoms with E-state index in [9.17, 15) is 26.3 Å². The lowest BCUT2D eigenvalue weighted by molar-refractivity contribution is -0.161. The van der Waals surface area contributed by atoms with Crippen LogP contribution in [0.25, 0.3) is 10.2 Å². The van der Waals surface area contributed by atoms with Gasteiger partial charge in [0.25, 0.3) is 0 Å². The first-order chi connectivity index (χ1) is 9.05. The maximum Gasteiger partial charge on any atom is 0.420 e. The molecule has 0 saturated carbocycles. The van der Waals surface area contributed by atoms with Gasteiger partial charge in [0.15, 0.2) is 3.95 Å². The Morgan fingerprint density at radius 3 is 2.10 bits per heavy atom. The molecule has 10 heteroatoms. The van der Waals surface area contributed by atoms with Crippen LogP contribution in [0.2, 0.25) is 0 Å². The molecule has 20 heavy (non-hydrogen) atoms. The molecule has 1 aromatic heterocycles. The van der Waals surface area contributed by atoms with Crippen molar-refractivity contribution in [2.24, 2.45) is 0 Å². The lowest BCUT2D eigenvalue weighted by Gasteiger charge is -2.18. The number of rotatable bonds is 1. The predicted octanol–water partition coefficient (Wildman–Crippen LogP) is 5.01. The molecule has 1 heterocycles. The molecule has 0 atom stereocenters. The van der Waals surface area contributed by atoms with Gasteiger partial charge in [0.1, 0.15) is 11.3 Å². The van der Waals surface area contributed by atoms with Crippen LogP contribution in [0.5, 0.6) is 5.75 Å². The van der Waals surface area contributed by atoms with Crippen molar-refractivity contribution in [3.05, 3.63) is 21.1 Å². The third-order valence-electron chi connectivity index (χ3n) is 2.46.